The largest absolute Gasteiger partial charge is 0.380 e. The molecule has 0 heterocycles. The van der Waals surface area contributed by atoms with E-state index in [1.54, 1.807) is 23.5 Å². The third-order valence-corrected chi connectivity index (χ3v) is 5.44. The zero-order chi connectivity index (χ0) is 19.5. The number of carbonyl (C=O) groups is 2. The van der Waals surface area contributed by atoms with E-state index < -0.39 is 0 Å². The molecule has 2 aromatic carbocycles. The van der Waals surface area contributed by atoms with Gasteiger partial charge in [-0.2, -0.15) is 0 Å². The van der Waals surface area contributed by atoms with E-state index in [-0.39, 0.29) is 11.8 Å². The summed E-state index contributed by atoms with van der Waals surface area (Å²) in [6.07, 6.45) is 0. The van der Waals surface area contributed by atoms with Crippen molar-refractivity contribution in [2.75, 3.05) is 35.4 Å². The van der Waals surface area contributed by atoms with Gasteiger partial charge in [-0.05, 0) is 24.3 Å². The summed E-state index contributed by atoms with van der Waals surface area (Å²) < 4.78 is 5.70. The number of amides is 2. The number of ether oxygens (including phenoxy) is 1. The average Bonchev–Trinajstić information content (AvgIpc) is 2.62. The first-order valence-electron chi connectivity index (χ1n) is 8.63. The molecule has 0 bridgehead atoms. The van der Waals surface area contributed by atoms with Gasteiger partial charge in [0.15, 0.2) is 0 Å². The van der Waals surface area contributed by atoms with Crippen molar-refractivity contribution < 1.29 is 14.3 Å². The summed E-state index contributed by atoms with van der Waals surface area (Å²) in [5.41, 5.74) is 1.67. The van der Waals surface area contributed by atoms with Crippen molar-refractivity contribution in [1.29, 1.82) is 0 Å². The van der Waals surface area contributed by atoms with E-state index in [4.69, 9.17) is 4.74 Å². The standard InChI is InChI=1S/C20H24N2O3S2/c1-15(23)21-17-7-3-5-9-19(17)26-13-11-25-12-14-27-20-10-6-4-8-18(20)22-16(2)24/h3-10H,11-14H2,1-2H3,(H,21,23)(H,22,24). The number of hydrogen-bond acceptors (Lipinski definition) is 5. The number of nitrogens with one attached hydrogen (secondary N) is 2. The fourth-order valence-corrected chi connectivity index (χ4v) is 4.03. The molecule has 0 saturated heterocycles. The molecule has 7 heteroatoms. The van der Waals surface area contributed by atoms with Crippen LogP contribution in [0.2, 0.25) is 0 Å². The van der Waals surface area contributed by atoms with Gasteiger partial charge in [0.1, 0.15) is 0 Å². The minimum Gasteiger partial charge on any atom is -0.380 e. The Morgan fingerprint density at radius 3 is 1.59 bits per heavy atom. The molecular formula is C20H24N2O3S2. The highest BCUT2D eigenvalue weighted by Crippen LogP contribution is 2.28. The van der Waals surface area contributed by atoms with Crippen molar-refractivity contribution in [3.63, 3.8) is 0 Å². The number of thioether (sulfide) groups is 2. The van der Waals surface area contributed by atoms with Crippen LogP contribution in [0.5, 0.6) is 0 Å². The monoisotopic (exact) mass is 404 g/mol. The van der Waals surface area contributed by atoms with Gasteiger partial charge >= 0.3 is 0 Å². The first-order chi connectivity index (χ1) is 13.1. The van der Waals surface area contributed by atoms with Gasteiger partial charge < -0.3 is 15.4 Å². The fourth-order valence-electron chi connectivity index (χ4n) is 2.29. The third-order valence-electron chi connectivity index (χ3n) is 3.37. The quantitative estimate of drug-likeness (QED) is 0.451. The summed E-state index contributed by atoms with van der Waals surface area (Å²) in [5.74, 6) is 1.47. The average molecular weight is 405 g/mol. The smallest absolute Gasteiger partial charge is 0.221 e. The van der Waals surface area contributed by atoms with Gasteiger partial charge in [-0.3, -0.25) is 9.59 Å². The van der Waals surface area contributed by atoms with Gasteiger partial charge in [-0.25, -0.2) is 0 Å². The van der Waals surface area contributed by atoms with E-state index in [0.717, 1.165) is 32.7 Å². The second-order valence-electron chi connectivity index (χ2n) is 5.66. The molecule has 0 atom stereocenters. The van der Waals surface area contributed by atoms with Crippen LogP contribution in [0.15, 0.2) is 58.3 Å². The predicted octanol–water partition coefficient (Wildman–Crippen LogP) is 4.50. The number of rotatable bonds is 10. The number of para-hydroxylation sites is 2. The highest BCUT2D eigenvalue weighted by Gasteiger charge is 2.05. The van der Waals surface area contributed by atoms with Gasteiger partial charge in [-0.1, -0.05) is 24.3 Å². The number of anilines is 2. The van der Waals surface area contributed by atoms with E-state index >= 15 is 0 Å². The highest BCUT2D eigenvalue weighted by atomic mass is 32.2. The molecule has 0 saturated carbocycles. The second kappa shape index (κ2) is 11.7. The molecule has 144 valence electrons. The Balaban J connectivity index is 1.67. The summed E-state index contributed by atoms with van der Waals surface area (Å²) in [6.45, 7) is 4.28. The first kappa shape index (κ1) is 21.3. The van der Waals surface area contributed by atoms with E-state index in [2.05, 4.69) is 10.6 Å². The predicted molar refractivity (Wildman–Crippen MR) is 114 cm³/mol. The van der Waals surface area contributed by atoms with Crippen LogP contribution in [-0.4, -0.2) is 36.5 Å². The lowest BCUT2D eigenvalue weighted by molar-refractivity contribution is -0.115. The van der Waals surface area contributed by atoms with Crippen LogP contribution in [0.3, 0.4) is 0 Å². The van der Waals surface area contributed by atoms with Gasteiger partial charge in [0.2, 0.25) is 11.8 Å². The molecule has 0 aromatic heterocycles. The van der Waals surface area contributed by atoms with Crippen LogP contribution < -0.4 is 10.6 Å². The van der Waals surface area contributed by atoms with Gasteiger partial charge in [0.05, 0.1) is 24.6 Å². The number of carbonyl (C=O) groups excluding carboxylic acids is 2. The van der Waals surface area contributed by atoms with E-state index in [1.807, 2.05) is 48.5 Å². The summed E-state index contributed by atoms with van der Waals surface area (Å²) in [6, 6.07) is 15.5. The van der Waals surface area contributed by atoms with Crippen molar-refractivity contribution >= 4 is 46.7 Å². The third kappa shape index (κ3) is 8.07. The zero-order valence-corrected chi connectivity index (χ0v) is 17.1. The van der Waals surface area contributed by atoms with Crippen LogP contribution >= 0.6 is 23.5 Å². The molecular weight excluding hydrogens is 380 g/mol. The molecule has 5 nitrogen and oxygen atoms in total. The van der Waals surface area contributed by atoms with E-state index in [9.17, 15) is 9.59 Å². The Kier molecular flexibility index (Phi) is 9.24. The molecule has 2 amide bonds. The van der Waals surface area contributed by atoms with Gasteiger partial charge in [0, 0.05) is 35.1 Å². The Morgan fingerprint density at radius 1 is 0.778 bits per heavy atom. The lowest BCUT2D eigenvalue weighted by Gasteiger charge is -2.10. The van der Waals surface area contributed by atoms with Crippen LogP contribution in [-0.2, 0) is 14.3 Å². The van der Waals surface area contributed by atoms with E-state index in [1.165, 1.54) is 13.8 Å². The van der Waals surface area contributed by atoms with Crippen LogP contribution in [0, 0.1) is 0 Å². The highest BCUT2D eigenvalue weighted by molar-refractivity contribution is 7.99. The van der Waals surface area contributed by atoms with Crippen molar-refractivity contribution in [3.05, 3.63) is 48.5 Å². The van der Waals surface area contributed by atoms with Crippen LogP contribution in [0.1, 0.15) is 13.8 Å². The van der Waals surface area contributed by atoms with Crippen molar-refractivity contribution in [2.45, 2.75) is 23.6 Å². The molecule has 0 aliphatic rings. The second-order valence-corrected chi connectivity index (χ2v) is 7.94. The van der Waals surface area contributed by atoms with Gasteiger partial charge in [-0.15, -0.1) is 23.5 Å². The molecule has 2 N–H and O–H groups in total. The molecule has 0 aliphatic carbocycles. The minimum absolute atomic E-state index is 0.0733. The van der Waals surface area contributed by atoms with Crippen molar-refractivity contribution in [2.24, 2.45) is 0 Å². The summed E-state index contributed by atoms with van der Waals surface area (Å²) in [5, 5.41) is 5.68. The topological polar surface area (TPSA) is 67.4 Å². The number of benzene rings is 2. The lowest BCUT2D eigenvalue weighted by atomic mass is 10.3. The Hall–Kier alpha value is -1.96. The molecule has 0 spiro atoms. The molecule has 2 aromatic rings. The first-order valence-corrected chi connectivity index (χ1v) is 10.6. The molecule has 0 radical (unpaired) electrons. The molecule has 0 aliphatic heterocycles. The maximum atomic E-state index is 11.2. The molecule has 2 rings (SSSR count). The fraction of sp³-hybridized carbons (Fsp3) is 0.300. The Morgan fingerprint density at radius 2 is 1.19 bits per heavy atom. The summed E-state index contributed by atoms with van der Waals surface area (Å²) in [4.78, 5) is 24.6. The van der Waals surface area contributed by atoms with Crippen molar-refractivity contribution in [1.82, 2.24) is 0 Å². The maximum Gasteiger partial charge on any atom is 0.221 e. The lowest BCUT2D eigenvalue weighted by Crippen LogP contribution is -2.07. The Labute approximate surface area is 168 Å². The summed E-state index contributed by atoms with van der Waals surface area (Å²) in [7, 11) is 0. The zero-order valence-electron chi connectivity index (χ0n) is 15.5. The Bertz CT molecular complexity index is 705. The molecule has 27 heavy (non-hydrogen) atoms. The molecule has 0 unspecified atom stereocenters. The van der Waals surface area contributed by atoms with Crippen LogP contribution in [0.25, 0.3) is 0 Å². The number of hydrogen-bond donors (Lipinski definition) is 2. The normalized spacial score (nSPS) is 10.4. The summed E-state index contributed by atoms with van der Waals surface area (Å²) >= 11 is 3.32. The maximum absolute atomic E-state index is 11.2. The van der Waals surface area contributed by atoms with Gasteiger partial charge in [0.25, 0.3) is 0 Å². The molecule has 0 fully saturated rings. The minimum atomic E-state index is -0.0733. The SMILES string of the molecule is CC(=O)Nc1ccccc1SCCOCCSc1ccccc1NC(C)=O. The van der Waals surface area contributed by atoms with Crippen molar-refractivity contribution in [3.8, 4) is 0 Å². The van der Waals surface area contributed by atoms with Crippen LogP contribution in [0.4, 0.5) is 11.4 Å². The van der Waals surface area contributed by atoms with E-state index in [0.29, 0.717) is 13.2 Å².